The van der Waals surface area contributed by atoms with Crippen molar-refractivity contribution < 1.29 is 9.84 Å². The van der Waals surface area contributed by atoms with Crippen LogP contribution in [0.1, 0.15) is 22.8 Å². The Kier molecular flexibility index (Phi) is 3.40. The molecule has 1 aliphatic rings. The molecule has 1 aliphatic heterocycles. The molecule has 0 fully saturated rings. The minimum absolute atomic E-state index is 0.469. The first-order chi connectivity index (χ1) is 9.15. The first kappa shape index (κ1) is 12.8. The lowest BCUT2D eigenvalue weighted by Crippen LogP contribution is -2.01. The first-order valence-corrected chi connectivity index (χ1v) is 6.79. The number of aliphatic hydroxyl groups excluding tert-OH is 1. The molecule has 1 unspecified atom stereocenters. The van der Waals surface area contributed by atoms with Gasteiger partial charge in [-0.15, -0.1) is 0 Å². The largest absolute Gasteiger partial charge is 0.493 e. The van der Waals surface area contributed by atoms with E-state index in [0.29, 0.717) is 22.2 Å². The summed E-state index contributed by atoms with van der Waals surface area (Å²) >= 11 is 12.0. The van der Waals surface area contributed by atoms with E-state index in [0.717, 1.165) is 23.3 Å². The number of ether oxygens (including phenoxy) is 1. The molecule has 2 aromatic carbocycles. The summed E-state index contributed by atoms with van der Waals surface area (Å²) in [5.74, 6) is 0.901. The van der Waals surface area contributed by atoms with Gasteiger partial charge in [-0.3, -0.25) is 0 Å². The van der Waals surface area contributed by atoms with Gasteiger partial charge in [0, 0.05) is 22.0 Å². The Morgan fingerprint density at radius 2 is 1.95 bits per heavy atom. The second kappa shape index (κ2) is 5.04. The van der Waals surface area contributed by atoms with Crippen LogP contribution in [0.5, 0.6) is 5.75 Å². The summed E-state index contributed by atoms with van der Waals surface area (Å²) in [6, 6.07) is 10.8. The summed E-state index contributed by atoms with van der Waals surface area (Å²) in [4.78, 5) is 0. The Labute approximate surface area is 121 Å². The maximum absolute atomic E-state index is 10.4. The minimum Gasteiger partial charge on any atom is -0.493 e. The van der Waals surface area contributed by atoms with Crippen LogP contribution in [0.15, 0.2) is 36.4 Å². The van der Waals surface area contributed by atoms with E-state index in [9.17, 15) is 5.11 Å². The highest BCUT2D eigenvalue weighted by Gasteiger charge is 2.18. The lowest BCUT2D eigenvalue weighted by molar-refractivity contribution is 0.220. The zero-order valence-corrected chi connectivity index (χ0v) is 11.6. The number of halogens is 2. The molecule has 4 heteroatoms. The summed E-state index contributed by atoms with van der Waals surface area (Å²) in [6.07, 6.45) is 0.125. The standard InChI is InChI=1S/C15H12Cl2O2/c16-11-2-3-12(13(17)8-11)15(18)10-1-4-14-9(7-10)5-6-19-14/h1-4,7-8,15,18H,5-6H2. The zero-order chi connectivity index (χ0) is 13.4. The predicted octanol–water partition coefficient (Wildman–Crippen LogP) is 4.01. The molecule has 0 amide bonds. The first-order valence-electron chi connectivity index (χ1n) is 6.04. The van der Waals surface area contributed by atoms with Crippen LogP contribution in [0.25, 0.3) is 0 Å². The van der Waals surface area contributed by atoms with Crippen molar-refractivity contribution in [3.63, 3.8) is 0 Å². The smallest absolute Gasteiger partial charge is 0.122 e. The lowest BCUT2D eigenvalue weighted by Gasteiger charge is -2.14. The Morgan fingerprint density at radius 3 is 2.74 bits per heavy atom. The summed E-state index contributed by atoms with van der Waals surface area (Å²) in [5, 5.41) is 11.5. The van der Waals surface area contributed by atoms with Gasteiger partial charge in [0.2, 0.25) is 0 Å². The third-order valence-corrected chi connectivity index (χ3v) is 3.85. The van der Waals surface area contributed by atoms with Crippen LogP contribution in [-0.2, 0) is 6.42 Å². The molecule has 1 N–H and O–H groups in total. The Morgan fingerprint density at radius 1 is 1.11 bits per heavy atom. The normalized spacial score (nSPS) is 14.9. The fraction of sp³-hybridized carbons (Fsp3) is 0.200. The second-order valence-corrected chi connectivity index (χ2v) is 5.38. The highest BCUT2D eigenvalue weighted by Crippen LogP contribution is 2.33. The lowest BCUT2D eigenvalue weighted by atomic mass is 9.99. The summed E-state index contributed by atoms with van der Waals surface area (Å²) < 4.78 is 5.45. The van der Waals surface area contributed by atoms with Crippen molar-refractivity contribution >= 4 is 23.2 Å². The molecule has 3 rings (SSSR count). The van der Waals surface area contributed by atoms with Gasteiger partial charge >= 0.3 is 0 Å². The van der Waals surface area contributed by atoms with Crippen LogP contribution in [0, 0.1) is 0 Å². The van der Waals surface area contributed by atoms with Crippen molar-refractivity contribution in [3.05, 3.63) is 63.1 Å². The highest BCUT2D eigenvalue weighted by atomic mass is 35.5. The van der Waals surface area contributed by atoms with Gasteiger partial charge in [-0.25, -0.2) is 0 Å². The van der Waals surface area contributed by atoms with Gasteiger partial charge < -0.3 is 9.84 Å². The SMILES string of the molecule is OC(c1ccc2c(c1)CCO2)c1ccc(Cl)cc1Cl. The van der Waals surface area contributed by atoms with E-state index in [2.05, 4.69) is 0 Å². The quantitative estimate of drug-likeness (QED) is 0.907. The van der Waals surface area contributed by atoms with E-state index in [4.69, 9.17) is 27.9 Å². The van der Waals surface area contributed by atoms with E-state index < -0.39 is 6.10 Å². The van der Waals surface area contributed by atoms with E-state index >= 15 is 0 Å². The molecule has 0 radical (unpaired) electrons. The summed E-state index contributed by atoms with van der Waals surface area (Å²) in [7, 11) is 0. The molecule has 0 spiro atoms. The van der Waals surface area contributed by atoms with E-state index in [1.807, 2.05) is 18.2 Å². The third kappa shape index (κ3) is 2.44. The second-order valence-electron chi connectivity index (χ2n) is 4.53. The van der Waals surface area contributed by atoms with Crippen molar-refractivity contribution in [1.29, 1.82) is 0 Å². The van der Waals surface area contributed by atoms with Crippen LogP contribution < -0.4 is 4.74 Å². The van der Waals surface area contributed by atoms with Crippen molar-refractivity contribution in [2.75, 3.05) is 6.61 Å². The van der Waals surface area contributed by atoms with Gasteiger partial charge in [0.1, 0.15) is 11.9 Å². The molecule has 1 atom stereocenters. The maximum atomic E-state index is 10.4. The number of hydrogen-bond acceptors (Lipinski definition) is 2. The van der Waals surface area contributed by atoms with Crippen molar-refractivity contribution in [2.45, 2.75) is 12.5 Å². The molecule has 2 nitrogen and oxygen atoms in total. The Hall–Kier alpha value is -1.22. The minimum atomic E-state index is -0.754. The topological polar surface area (TPSA) is 29.5 Å². The number of hydrogen-bond donors (Lipinski definition) is 1. The van der Waals surface area contributed by atoms with E-state index in [1.54, 1.807) is 18.2 Å². The van der Waals surface area contributed by atoms with Crippen molar-refractivity contribution in [3.8, 4) is 5.75 Å². The maximum Gasteiger partial charge on any atom is 0.122 e. The average Bonchev–Trinajstić information content (AvgIpc) is 2.85. The molecule has 0 saturated heterocycles. The van der Waals surface area contributed by atoms with Gasteiger partial charge in [-0.2, -0.15) is 0 Å². The molecule has 98 valence electrons. The zero-order valence-electron chi connectivity index (χ0n) is 10.1. The number of rotatable bonds is 2. The number of fused-ring (bicyclic) bond motifs is 1. The fourth-order valence-electron chi connectivity index (χ4n) is 2.28. The summed E-state index contributed by atoms with van der Waals surface area (Å²) in [5.41, 5.74) is 2.60. The van der Waals surface area contributed by atoms with Gasteiger partial charge in [-0.05, 0) is 35.4 Å². The van der Waals surface area contributed by atoms with Crippen molar-refractivity contribution in [2.24, 2.45) is 0 Å². The van der Waals surface area contributed by atoms with Crippen LogP contribution in [-0.4, -0.2) is 11.7 Å². The molecule has 0 saturated carbocycles. The molecule has 19 heavy (non-hydrogen) atoms. The van der Waals surface area contributed by atoms with E-state index in [-0.39, 0.29) is 0 Å². The van der Waals surface area contributed by atoms with Gasteiger partial charge in [0.15, 0.2) is 0 Å². The number of aliphatic hydroxyl groups is 1. The molecule has 0 aromatic heterocycles. The van der Waals surface area contributed by atoms with Crippen LogP contribution in [0.3, 0.4) is 0 Å². The Bertz CT molecular complexity index is 626. The number of benzene rings is 2. The molecule has 0 aliphatic carbocycles. The summed E-state index contributed by atoms with van der Waals surface area (Å²) in [6.45, 7) is 0.705. The van der Waals surface area contributed by atoms with Gasteiger partial charge in [0.25, 0.3) is 0 Å². The fourth-order valence-corrected chi connectivity index (χ4v) is 2.79. The molecular weight excluding hydrogens is 283 g/mol. The highest BCUT2D eigenvalue weighted by molar-refractivity contribution is 6.35. The van der Waals surface area contributed by atoms with Gasteiger partial charge in [0.05, 0.1) is 6.61 Å². The monoisotopic (exact) mass is 294 g/mol. The van der Waals surface area contributed by atoms with Gasteiger partial charge in [-0.1, -0.05) is 35.3 Å². The molecule has 0 bridgehead atoms. The van der Waals surface area contributed by atoms with Crippen molar-refractivity contribution in [1.82, 2.24) is 0 Å². The molecular formula is C15H12Cl2O2. The van der Waals surface area contributed by atoms with Crippen LogP contribution >= 0.6 is 23.2 Å². The molecule has 1 heterocycles. The Balaban J connectivity index is 1.97. The van der Waals surface area contributed by atoms with Crippen LogP contribution in [0.4, 0.5) is 0 Å². The average molecular weight is 295 g/mol. The third-order valence-electron chi connectivity index (χ3n) is 3.29. The molecule has 2 aromatic rings. The predicted molar refractivity (Wildman–Crippen MR) is 76.2 cm³/mol. The van der Waals surface area contributed by atoms with E-state index in [1.165, 1.54) is 0 Å². The van der Waals surface area contributed by atoms with Crippen LogP contribution in [0.2, 0.25) is 10.0 Å².